The van der Waals surface area contributed by atoms with Crippen molar-refractivity contribution in [1.82, 2.24) is 0 Å². The van der Waals surface area contributed by atoms with Crippen LogP contribution in [0.5, 0.6) is 0 Å². The quantitative estimate of drug-likeness (QED) is 0.527. The van der Waals surface area contributed by atoms with Crippen molar-refractivity contribution in [3.05, 3.63) is 12.2 Å². The van der Waals surface area contributed by atoms with Crippen molar-refractivity contribution in [3.63, 3.8) is 0 Å². The van der Waals surface area contributed by atoms with E-state index in [1.807, 2.05) is 0 Å². The third kappa shape index (κ3) is 8.96. The van der Waals surface area contributed by atoms with Crippen LogP contribution in [0.4, 0.5) is 13.2 Å². The number of halogens is 3. The fourth-order valence-electron chi connectivity index (χ4n) is 0.392. The van der Waals surface area contributed by atoms with Gasteiger partial charge in [-0.05, 0) is 0 Å². The SMILES string of the molecule is O=C(O)/C=C/COCC(F)(F)F. The molecule has 0 aromatic carbocycles. The highest BCUT2D eigenvalue weighted by molar-refractivity contribution is 5.79. The summed E-state index contributed by atoms with van der Waals surface area (Å²) < 4.78 is 38.2. The zero-order chi connectivity index (χ0) is 9.61. The first-order valence-corrected chi connectivity index (χ1v) is 2.96. The lowest BCUT2D eigenvalue weighted by molar-refractivity contribution is -0.171. The van der Waals surface area contributed by atoms with Gasteiger partial charge in [-0.1, -0.05) is 6.08 Å². The molecular formula is C6H7F3O3. The molecule has 0 radical (unpaired) electrons. The zero-order valence-corrected chi connectivity index (χ0v) is 5.97. The van der Waals surface area contributed by atoms with Crippen molar-refractivity contribution >= 4 is 5.97 Å². The summed E-state index contributed by atoms with van der Waals surface area (Å²) in [7, 11) is 0. The summed E-state index contributed by atoms with van der Waals surface area (Å²) in [5, 5.41) is 8.01. The standard InChI is InChI=1S/C6H7F3O3/c7-6(8,9)4-12-3-1-2-5(10)11/h1-2H,3-4H2,(H,10,11)/b2-1+. The maximum Gasteiger partial charge on any atom is 0.411 e. The molecular weight excluding hydrogens is 177 g/mol. The minimum atomic E-state index is -4.36. The Kier molecular flexibility index (Phi) is 4.35. The van der Waals surface area contributed by atoms with E-state index < -0.39 is 18.8 Å². The molecule has 0 aromatic heterocycles. The Morgan fingerprint density at radius 1 is 1.50 bits per heavy atom. The number of hydrogen-bond acceptors (Lipinski definition) is 2. The lowest BCUT2D eigenvalue weighted by Crippen LogP contribution is -2.16. The molecule has 0 rings (SSSR count). The van der Waals surface area contributed by atoms with Crippen LogP contribution in [0.15, 0.2) is 12.2 Å². The van der Waals surface area contributed by atoms with Crippen molar-refractivity contribution < 1.29 is 27.8 Å². The molecule has 0 spiro atoms. The largest absolute Gasteiger partial charge is 0.478 e. The Hall–Kier alpha value is -1.04. The first-order chi connectivity index (χ1) is 5.42. The van der Waals surface area contributed by atoms with Crippen LogP contribution >= 0.6 is 0 Å². The molecule has 0 aliphatic rings. The molecule has 0 saturated carbocycles. The third-order valence-corrected chi connectivity index (χ3v) is 0.740. The van der Waals surface area contributed by atoms with Crippen LogP contribution in [-0.2, 0) is 9.53 Å². The van der Waals surface area contributed by atoms with Gasteiger partial charge in [-0.15, -0.1) is 0 Å². The number of aliphatic carboxylic acids is 1. The Labute approximate surface area is 66.4 Å². The van der Waals surface area contributed by atoms with Crippen molar-refractivity contribution in [2.75, 3.05) is 13.2 Å². The van der Waals surface area contributed by atoms with E-state index in [4.69, 9.17) is 5.11 Å². The highest BCUT2D eigenvalue weighted by atomic mass is 19.4. The van der Waals surface area contributed by atoms with E-state index in [1.54, 1.807) is 0 Å². The van der Waals surface area contributed by atoms with Crippen molar-refractivity contribution in [2.45, 2.75) is 6.18 Å². The fraction of sp³-hybridized carbons (Fsp3) is 0.500. The topological polar surface area (TPSA) is 46.5 Å². The molecule has 0 saturated heterocycles. The van der Waals surface area contributed by atoms with E-state index >= 15 is 0 Å². The monoisotopic (exact) mass is 184 g/mol. The van der Waals surface area contributed by atoms with Crippen LogP contribution in [0.25, 0.3) is 0 Å². The average molecular weight is 184 g/mol. The lowest BCUT2D eigenvalue weighted by Gasteiger charge is -2.04. The van der Waals surface area contributed by atoms with Gasteiger partial charge in [0, 0.05) is 6.08 Å². The van der Waals surface area contributed by atoms with Gasteiger partial charge in [0.2, 0.25) is 0 Å². The molecule has 0 amide bonds. The van der Waals surface area contributed by atoms with Crippen LogP contribution in [0.1, 0.15) is 0 Å². The van der Waals surface area contributed by atoms with Crippen molar-refractivity contribution in [2.24, 2.45) is 0 Å². The number of ether oxygens (including phenoxy) is 1. The van der Waals surface area contributed by atoms with Crippen molar-refractivity contribution in [1.29, 1.82) is 0 Å². The molecule has 1 N–H and O–H groups in total. The summed E-state index contributed by atoms with van der Waals surface area (Å²) >= 11 is 0. The molecule has 3 nitrogen and oxygen atoms in total. The highest BCUT2D eigenvalue weighted by Gasteiger charge is 2.26. The highest BCUT2D eigenvalue weighted by Crippen LogP contribution is 2.13. The summed E-state index contributed by atoms with van der Waals surface area (Å²) in [6.45, 7) is -1.72. The van der Waals surface area contributed by atoms with Crippen molar-refractivity contribution in [3.8, 4) is 0 Å². The zero-order valence-electron chi connectivity index (χ0n) is 5.97. The summed E-state index contributed by atoms with van der Waals surface area (Å²) in [5.41, 5.74) is 0. The fourth-order valence-corrected chi connectivity index (χ4v) is 0.392. The minimum absolute atomic E-state index is 0.355. The normalized spacial score (nSPS) is 12.2. The lowest BCUT2D eigenvalue weighted by atomic mass is 10.5. The number of carbonyl (C=O) groups is 1. The summed E-state index contributed by atoms with van der Waals surface area (Å²) in [6.07, 6.45) is -2.65. The predicted octanol–water partition coefficient (Wildman–Crippen LogP) is 1.21. The van der Waals surface area contributed by atoms with E-state index in [9.17, 15) is 18.0 Å². The predicted molar refractivity (Wildman–Crippen MR) is 33.6 cm³/mol. The molecule has 0 aliphatic heterocycles. The number of hydrogen-bond donors (Lipinski definition) is 1. The van der Waals surface area contributed by atoms with Gasteiger partial charge in [0.25, 0.3) is 0 Å². The molecule has 0 heterocycles. The molecule has 0 atom stereocenters. The van der Waals surface area contributed by atoms with Crippen LogP contribution in [0.3, 0.4) is 0 Å². The Bertz CT molecular complexity index is 173. The third-order valence-electron chi connectivity index (χ3n) is 0.740. The van der Waals surface area contributed by atoms with E-state index in [0.717, 1.165) is 12.2 Å². The van der Waals surface area contributed by atoms with E-state index in [2.05, 4.69) is 4.74 Å². The molecule has 0 aliphatic carbocycles. The summed E-state index contributed by atoms with van der Waals surface area (Å²) in [5.74, 6) is -1.22. The molecule has 6 heteroatoms. The van der Waals surface area contributed by atoms with Gasteiger partial charge in [0.05, 0.1) is 6.61 Å². The smallest absolute Gasteiger partial charge is 0.411 e. The second-order valence-electron chi connectivity index (χ2n) is 1.87. The van der Waals surface area contributed by atoms with Gasteiger partial charge in [0.15, 0.2) is 0 Å². The van der Waals surface area contributed by atoms with Crippen LogP contribution in [-0.4, -0.2) is 30.5 Å². The second kappa shape index (κ2) is 4.76. The number of carboxylic acid groups (broad SMARTS) is 1. The number of carboxylic acids is 1. The van der Waals surface area contributed by atoms with Gasteiger partial charge in [-0.25, -0.2) is 4.79 Å². The molecule has 0 aromatic rings. The Morgan fingerprint density at radius 3 is 2.50 bits per heavy atom. The second-order valence-corrected chi connectivity index (χ2v) is 1.87. The maximum atomic E-state index is 11.4. The number of alkyl halides is 3. The Balaban J connectivity index is 3.40. The molecule has 0 unspecified atom stereocenters. The van der Waals surface area contributed by atoms with Gasteiger partial charge in [-0.2, -0.15) is 13.2 Å². The van der Waals surface area contributed by atoms with Gasteiger partial charge in [0.1, 0.15) is 6.61 Å². The minimum Gasteiger partial charge on any atom is -0.478 e. The van der Waals surface area contributed by atoms with Crippen LogP contribution in [0, 0.1) is 0 Å². The van der Waals surface area contributed by atoms with Gasteiger partial charge < -0.3 is 9.84 Å². The number of rotatable bonds is 4. The van der Waals surface area contributed by atoms with E-state index in [-0.39, 0.29) is 6.61 Å². The first-order valence-electron chi connectivity index (χ1n) is 2.96. The average Bonchev–Trinajstić information content (AvgIpc) is 1.83. The molecule has 0 bridgehead atoms. The van der Waals surface area contributed by atoms with E-state index in [0.29, 0.717) is 0 Å². The summed E-state index contributed by atoms with van der Waals surface area (Å²) in [4.78, 5) is 9.79. The summed E-state index contributed by atoms with van der Waals surface area (Å²) in [6, 6.07) is 0. The van der Waals surface area contributed by atoms with Gasteiger partial charge in [-0.3, -0.25) is 0 Å². The van der Waals surface area contributed by atoms with Gasteiger partial charge >= 0.3 is 12.1 Å². The Morgan fingerprint density at radius 2 is 2.08 bits per heavy atom. The first kappa shape index (κ1) is 11.0. The molecule has 12 heavy (non-hydrogen) atoms. The van der Waals surface area contributed by atoms with Crippen LogP contribution in [0.2, 0.25) is 0 Å². The molecule has 0 fully saturated rings. The maximum absolute atomic E-state index is 11.4. The molecule has 70 valence electrons. The van der Waals surface area contributed by atoms with E-state index in [1.165, 1.54) is 0 Å². The van der Waals surface area contributed by atoms with Crippen LogP contribution < -0.4 is 0 Å².